The number of nitrogens with zero attached hydrogens (tertiary/aromatic N) is 5. The minimum Gasteiger partial charge on any atom is -0.425 e. The van der Waals surface area contributed by atoms with Gasteiger partial charge in [-0.1, -0.05) is 6.92 Å². The van der Waals surface area contributed by atoms with Gasteiger partial charge < -0.3 is 9.32 Å². The van der Waals surface area contributed by atoms with Gasteiger partial charge in [-0.05, 0) is 37.7 Å². The summed E-state index contributed by atoms with van der Waals surface area (Å²) in [5.74, 6) is 3.41. The SMILES string of the molecule is CCc1cnc(N2CCC(c3nnc(C4CC4)o3)CC2)nc1. The van der Waals surface area contributed by atoms with E-state index in [9.17, 15) is 0 Å². The summed E-state index contributed by atoms with van der Waals surface area (Å²) in [5, 5.41) is 8.45. The van der Waals surface area contributed by atoms with Crippen molar-refractivity contribution >= 4 is 5.95 Å². The van der Waals surface area contributed by atoms with Crippen molar-refractivity contribution < 1.29 is 4.42 Å². The summed E-state index contributed by atoms with van der Waals surface area (Å²) in [5.41, 5.74) is 1.18. The lowest BCUT2D eigenvalue weighted by molar-refractivity contribution is 0.374. The molecule has 0 atom stereocenters. The fraction of sp³-hybridized carbons (Fsp3) is 0.625. The molecule has 2 fully saturated rings. The van der Waals surface area contributed by atoms with Gasteiger partial charge >= 0.3 is 0 Å². The topological polar surface area (TPSA) is 67.9 Å². The molecule has 4 rings (SSSR count). The standard InChI is InChI=1S/C16H21N5O/c1-2-11-9-17-16(18-10-11)21-7-5-13(6-8-21)15-20-19-14(22-15)12-3-4-12/h9-10,12-13H,2-8H2,1H3. The second kappa shape index (κ2) is 5.66. The fourth-order valence-corrected chi connectivity index (χ4v) is 2.93. The zero-order chi connectivity index (χ0) is 14.9. The average Bonchev–Trinajstić information content (AvgIpc) is 3.32. The molecule has 2 aliphatic rings. The summed E-state index contributed by atoms with van der Waals surface area (Å²) in [6.45, 7) is 4.00. The molecule has 0 unspecified atom stereocenters. The summed E-state index contributed by atoms with van der Waals surface area (Å²) in [6.07, 6.45) is 9.26. The molecule has 6 nitrogen and oxygen atoms in total. The first-order valence-corrected chi connectivity index (χ1v) is 8.22. The highest BCUT2D eigenvalue weighted by Gasteiger charge is 2.32. The van der Waals surface area contributed by atoms with Crippen LogP contribution in [-0.4, -0.2) is 33.3 Å². The summed E-state index contributed by atoms with van der Waals surface area (Å²) >= 11 is 0. The molecule has 1 saturated heterocycles. The van der Waals surface area contributed by atoms with Crippen molar-refractivity contribution in [2.75, 3.05) is 18.0 Å². The second-order valence-electron chi connectivity index (χ2n) is 6.26. The number of anilines is 1. The van der Waals surface area contributed by atoms with Crippen molar-refractivity contribution in [3.63, 3.8) is 0 Å². The zero-order valence-electron chi connectivity index (χ0n) is 12.9. The van der Waals surface area contributed by atoms with Gasteiger partial charge in [-0.3, -0.25) is 0 Å². The number of rotatable bonds is 4. The van der Waals surface area contributed by atoms with Crippen molar-refractivity contribution in [3.05, 3.63) is 29.7 Å². The van der Waals surface area contributed by atoms with Gasteiger partial charge in [0, 0.05) is 37.3 Å². The number of hydrogen-bond acceptors (Lipinski definition) is 6. The largest absolute Gasteiger partial charge is 0.425 e. The van der Waals surface area contributed by atoms with Crippen molar-refractivity contribution in [1.82, 2.24) is 20.2 Å². The molecule has 6 heteroatoms. The van der Waals surface area contributed by atoms with Gasteiger partial charge in [-0.2, -0.15) is 0 Å². The van der Waals surface area contributed by atoms with E-state index in [0.717, 1.165) is 50.1 Å². The third-order valence-corrected chi connectivity index (χ3v) is 4.61. The quantitative estimate of drug-likeness (QED) is 0.864. The van der Waals surface area contributed by atoms with Crippen LogP contribution in [0.1, 0.15) is 61.8 Å². The minimum absolute atomic E-state index is 0.381. The maximum absolute atomic E-state index is 5.85. The van der Waals surface area contributed by atoms with Gasteiger partial charge in [0.15, 0.2) is 0 Å². The normalized spacial score (nSPS) is 19.6. The molecule has 2 aromatic heterocycles. The number of hydrogen-bond donors (Lipinski definition) is 0. The molecule has 1 saturated carbocycles. The van der Waals surface area contributed by atoms with Crippen LogP contribution in [0.3, 0.4) is 0 Å². The fourth-order valence-electron chi connectivity index (χ4n) is 2.93. The van der Waals surface area contributed by atoms with Gasteiger partial charge in [0.05, 0.1) is 0 Å². The van der Waals surface area contributed by atoms with E-state index in [-0.39, 0.29) is 0 Å². The van der Waals surface area contributed by atoms with Crippen molar-refractivity contribution in [1.29, 1.82) is 0 Å². The lowest BCUT2D eigenvalue weighted by Crippen LogP contribution is -2.34. The van der Waals surface area contributed by atoms with Gasteiger partial charge in [-0.25, -0.2) is 9.97 Å². The van der Waals surface area contributed by atoms with E-state index < -0.39 is 0 Å². The van der Waals surface area contributed by atoms with Gasteiger partial charge in [0.1, 0.15) is 0 Å². The van der Waals surface area contributed by atoms with Crippen LogP contribution in [0.4, 0.5) is 5.95 Å². The monoisotopic (exact) mass is 299 g/mol. The predicted octanol–water partition coefficient (Wildman–Crippen LogP) is 2.68. The van der Waals surface area contributed by atoms with Crippen molar-refractivity contribution in [2.24, 2.45) is 0 Å². The molecule has 0 amide bonds. The van der Waals surface area contributed by atoms with E-state index in [0.29, 0.717) is 11.8 Å². The molecule has 0 bridgehead atoms. The Morgan fingerprint density at radius 3 is 2.14 bits per heavy atom. The Morgan fingerprint density at radius 1 is 1.00 bits per heavy atom. The Balaban J connectivity index is 1.38. The molecular formula is C16H21N5O. The van der Waals surface area contributed by atoms with Crippen LogP contribution in [0.15, 0.2) is 16.8 Å². The number of piperidine rings is 1. The Labute approximate surface area is 130 Å². The van der Waals surface area contributed by atoms with Crippen LogP contribution in [0.25, 0.3) is 0 Å². The molecule has 0 aromatic carbocycles. The Bertz CT molecular complexity index is 626. The molecule has 0 radical (unpaired) electrons. The Morgan fingerprint density at radius 2 is 1.59 bits per heavy atom. The van der Waals surface area contributed by atoms with E-state index in [1.807, 2.05) is 12.4 Å². The molecule has 0 N–H and O–H groups in total. The summed E-state index contributed by atoms with van der Waals surface area (Å²) < 4.78 is 5.85. The summed E-state index contributed by atoms with van der Waals surface area (Å²) in [4.78, 5) is 11.2. The van der Waals surface area contributed by atoms with E-state index in [4.69, 9.17) is 4.42 Å². The molecule has 0 spiro atoms. The molecular weight excluding hydrogens is 278 g/mol. The second-order valence-corrected chi connectivity index (χ2v) is 6.26. The Kier molecular flexibility index (Phi) is 3.52. The molecule has 2 aromatic rings. The molecule has 22 heavy (non-hydrogen) atoms. The third kappa shape index (κ3) is 2.69. The maximum Gasteiger partial charge on any atom is 0.225 e. The number of aromatic nitrogens is 4. The summed E-state index contributed by atoms with van der Waals surface area (Å²) in [7, 11) is 0. The maximum atomic E-state index is 5.85. The van der Waals surface area contributed by atoms with Gasteiger partial charge in [0.2, 0.25) is 17.7 Å². The van der Waals surface area contributed by atoms with Crippen LogP contribution in [-0.2, 0) is 6.42 Å². The first kappa shape index (κ1) is 13.7. The summed E-state index contributed by atoms with van der Waals surface area (Å²) in [6, 6.07) is 0. The smallest absolute Gasteiger partial charge is 0.225 e. The van der Waals surface area contributed by atoms with E-state index >= 15 is 0 Å². The average molecular weight is 299 g/mol. The number of aryl methyl sites for hydroxylation is 1. The van der Waals surface area contributed by atoms with Crippen LogP contribution in [0.5, 0.6) is 0 Å². The van der Waals surface area contributed by atoms with Crippen LogP contribution in [0.2, 0.25) is 0 Å². The first-order chi connectivity index (χ1) is 10.8. The van der Waals surface area contributed by atoms with Crippen LogP contribution < -0.4 is 4.90 Å². The van der Waals surface area contributed by atoms with Gasteiger partial charge in [-0.15, -0.1) is 10.2 Å². The van der Waals surface area contributed by atoms with E-state index in [2.05, 4.69) is 32.0 Å². The molecule has 1 aliphatic carbocycles. The molecule has 116 valence electrons. The van der Waals surface area contributed by atoms with Gasteiger partial charge in [0.25, 0.3) is 0 Å². The first-order valence-electron chi connectivity index (χ1n) is 8.22. The molecule has 3 heterocycles. The van der Waals surface area contributed by atoms with Crippen molar-refractivity contribution in [2.45, 2.75) is 50.9 Å². The van der Waals surface area contributed by atoms with Crippen LogP contribution >= 0.6 is 0 Å². The zero-order valence-corrected chi connectivity index (χ0v) is 12.9. The highest BCUT2D eigenvalue weighted by Crippen LogP contribution is 2.40. The van der Waals surface area contributed by atoms with Crippen LogP contribution in [0, 0.1) is 0 Å². The minimum atomic E-state index is 0.381. The lowest BCUT2D eigenvalue weighted by Gasteiger charge is -2.30. The highest BCUT2D eigenvalue weighted by atomic mass is 16.4. The highest BCUT2D eigenvalue weighted by molar-refractivity contribution is 5.31. The van der Waals surface area contributed by atoms with E-state index in [1.54, 1.807) is 0 Å². The predicted molar refractivity (Wildman–Crippen MR) is 81.9 cm³/mol. The lowest BCUT2D eigenvalue weighted by atomic mass is 9.97. The third-order valence-electron chi connectivity index (χ3n) is 4.61. The van der Waals surface area contributed by atoms with E-state index in [1.165, 1.54) is 18.4 Å². The Hall–Kier alpha value is -1.98. The molecule has 1 aliphatic heterocycles. The van der Waals surface area contributed by atoms with Crippen molar-refractivity contribution in [3.8, 4) is 0 Å².